The van der Waals surface area contributed by atoms with Crippen molar-refractivity contribution in [3.63, 3.8) is 0 Å². The smallest absolute Gasteiger partial charge is 0.213 e. The van der Waals surface area contributed by atoms with Crippen molar-refractivity contribution in [2.75, 3.05) is 5.73 Å². The SMILES string of the molecule is Cn1nnnc1Sc1cc(F)cc(F)c1N. The van der Waals surface area contributed by atoms with E-state index in [4.69, 9.17) is 5.73 Å². The zero-order valence-corrected chi connectivity index (χ0v) is 9.00. The summed E-state index contributed by atoms with van der Waals surface area (Å²) in [4.78, 5) is 0.246. The summed E-state index contributed by atoms with van der Waals surface area (Å²) in [5.74, 6) is -1.48. The first kappa shape index (κ1) is 10.8. The largest absolute Gasteiger partial charge is 0.395 e. The fourth-order valence-corrected chi connectivity index (χ4v) is 1.87. The van der Waals surface area contributed by atoms with Gasteiger partial charge in [0.2, 0.25) is 5.16 Å². The molecule has 16 heavy (non-hydrogen) atoms. The highest BCUT2D eigenvalue weighted by Crippen LogP contribution is 2.32. The van der Waals surface area contributed by atoms with Crippen LogP contribution in [-0.2, 0) is 7.05 Å². The Bertz CT molecular complexity index is 527. The van der Waals surface area contributed by atoms with E-state index in [-0.39, 0.29) is 10.6 Å². The van der Waals surface area contributed by atoms with Crippen molar-refractivity contribution in [1.82, 2.24) is 20.2 Å². The Morgan fingerprint density at radius 3 is 2.75 bits per heavy atom. The van der Waals surface area contributed by atoms with Crippen molar-refractivity contribution in [1.29, 1.82) is 0 Å². The van der Waals surface area contributed by atoms with Gasteiger partial charge in [-0.15, -0.1) is 5.10 Å². The Morgan fingerprint density at radius 1 is 1.38 bits per heavy atom. The molecule has 5 nitrogen and oxygen atoms in total. The molecule has 0 aliphatic carbocycles. The van der Waals surface area contributed by atoms with Gasteiger partial charge in [0.05, 0.1) is 5.69 Å². The van der Waals surface area contributed by atoms with Crippen molar-refractivity contribution < 1.29 is 8.78 Å². The monoisotopic (exact) mass is 243 g/mol. The van der Waals surface area contributed by atoms with Crippen LogP contribution in [-0.4, -0.2) is 20.2 Å². The zero-order valence-electron chi connectivity index (χ0n) is 8.19. The summed E-state index contributed by atoms with van der Waals surface area (Å²) in [7, 11) is 1.62. The molecule has 0 amide bonds. The fourth-order valence-electron chi connectivity index (χ4n) is 1.05. The van der Waals surface area contributed by atoms with Crippen LogP contribution in [0, 0.1) is 11.6 Å². The molecule has 0 spiro atoms. The predicted octanol–water partition coefficient (Wildman–Crippen LogP) is 1.22. The van der Waals surface area contributed by atoms with Crippen LogP contribution in [0.25, 0.3) is 0 Å². The van der Waals surface area contributed by atoms with Gasteiger partial charge in [-0.25, -0.2) is 13.5 Å². The van der Waals surface area contributed by atoms with E-state index in [1.54, 1.807) is 7.05 Å². The maximum absolute atomic E-state index is 13.1. The number of anilines is 1. The first-order valence-corrected chi connectivity index (χ1v) is 5.04. The van der Waals surface area contributed by atoms with E-state index < -0.39 is 11.6 Å². The van der Waals surface area contributed by atoms with Gasteiger partial charge in [-0.1, -0.05) is 0 Å². The number of hydrogen-bond acceptors (Lipinski definition) is 5. The molecule has 0 saturated heterocycles. The van der Waals surface area contributed by atoms with Crippen molar-refractivity contribution in [2.45, 2.75) is 10.1 Å². The molecular weight excluding hydrogens is 236 g/mol. The maximum atomic E-state index is 13.1. The topological polar surface area (TPSA) is 69.6 Å². The summed E-state index contributed by atoms with van der Waals surface area (Å²) in [5, 5.41) is 11.1. The average molecular weight is 243 g/mol. The van der Waals surface area contributed by atoms with Crippen LogP contribution in [0.3, 0.4) is 0 Å². The van der Waals surface area contributed by atoms with Gasteiger partial charge >= 0.3 is 0 Å². The summed E-state index contributed by atoms with van der Waals surface area (Å²) < 4.78 is 27.5. The summed E-state index contributed by atoms with van der Waals surface area (Å²) in [6.07, 6.45) is 0. The lowest BCUT2D eigenvalue weighted by molar-refractivity contribution is 0.581. The number of benzene rings is 1. The summed E-state index contributed by atoms with van der Waals surface area (Å²) >= 11 is 0.998. The fraction of sp³-hybridized carbons (Fsp3) is 0.125. The van der Waals surface area contributed by atoms with E-state index in [1.807, 2.05) is 0 Å². The molecular formula is C8H7F2N5S. The lowest BCUT2D eigenvalue weighted by Crippen LogP contribution is -1.97. The zero-order chi connectivity index (χ0) is 11.7. The minimum Gasteiger partial charge on any atom is -0.395 e. The number of halogens is 2. The van der Waals surface area contributed by atoms with Crippen LogP contribution in [0.1, 0.15) is 0 Å². The van der Waals surface area contributed by atoms with Crippen LogP contribution >= 0.6 is 11.8 Å². The normalized spacial score (nSPS) is 10.7. The minimum absolute atomic E-state index is 0.116. The Labute approximate surface area is 93.6 Å². The van der Waals surface area contributed by atoms with Crippen LogP contribution in [0.2, 0.25) is 0 Å². The van der Waals surface area contributed by atoms with E-state index in [0.29, 0.717) is 5.16 Å². The molecule has 2 N–H and O–H groups in total. The van der Waals surface area contributed by atoms with Crippen LogP contribution in [0.5, 0.6) is 0 Å². The molecule has 0 aliphatic rings. The quantitative estimate of drug-likeness (QED) is 0.803. The first-order valence-electron chi connectivity index (χ1n) is 4.22. The molecule has 1 aromatic carbocycles. The van der Waals surface area contributed by atoms with Gasteiger partial charge in [-0.3, -0.25) is 0 Å². The molecule has 2 aromatic rings. The number of nitrogen functional groups attached to an aromatic ring is 1. The van der Waals surface area contributed by atoms with Crippen LogP contribution in [0.4, 0.5) is 14.5 Å². The minimum atomic E-state index is -0.794. The van der Waals surface area contributed by atoms with Crippen LogP contribution in [0.15, 0.2) is 22.2 Å². The molecule has 0 bridgehead atoms. The van der Waals surface area contributed by atoms with E-state index in [0.717, 1.165) is 23.9 Å². The molecule has 0 fully saturated rings. The van der Waals surface area contributed by atoms with Gasteiger partial charge in [0.1, 0.15) is 11.6 Å². The molecule has 0 radical (unpaired) electrons. The number of nitrogens with zero attached hydrogens (tertiary/aromatic N) is 4. The van der Waals surface area contributed by atoms with Crippen molar-refractivity contribution in [2.24, 2.45) is 7.05 Å². The Balaban J connectivity index is 2.38. The van der Waals surface area contributed by atoms with Crippen LogP contribution < -0.4 is 5.73 Å². The number of aromatic nitrogens is 4. The molecule has 0 saturated carbocycles. The van der Waals surface area contributed by atoms with Crippen molar-refractivity contribution in [3.8, 4) is 0 Å². The number of nitrogens with two attached hydrogens (primary N) is 1. The van der Waals surface area contributed by atoms with Crippen molar-refractivity contribution in [3.05, 3.63) is 23.8 Å². The second-order valence-electron chi connectivity index (χ2n) is 2.99. The summed E-state index contributed by atoms with van der Waals surface area (Å²) in [5.41, 5.74) is 5.36. The van der Waals surface area contributed by atoms with E-state index in [9.17, 15) is 8.78 Å². The summed E-state index contributed by atoms with van der Waals surface area (Å²) in [6, 6.07) is 1.87. The van der Waals surface area contributed by atoms with E-state index in [1.165, 1.54) is 4.68 Å². The number of rotatable bonds is 2. The van der Waals surface area contributed by atoms with Gasteiger partial charge in [0.15, 0.2) is 0 Å². The summed E-state index contributed by atoms with van der Waals surface area (Å²) in [6.45, 7) is 0. The molecule has 1 aromatic heterocycles. The second kappa shape index (κ2) is 4.05. The highest BCUT2D eigenvalue weighted by atomic mass is 32.2. The third-order valence-corrected chi connectivity index (χ3v) is 2.92. The second-order valence-corrected chi connectivity index (χ2v) is 4.00. The highest BCUT2D eigenvalue weighted by molar-refractivity contribution is 7.99. The van der Waals surface area contributed by atoms with Gasteiger partial charge in [0, 0.05) is 18.0 Å². The van der Waals surface area contributed by atoms with Gasteiger partial charge in [-0.05, 0) is 28.3 Å². The lowest BCUT2D eigenvalue weighted by Gasteiger charge is -2.04. The van der Waals surface area contributed by atoms with E-state index in [2.05, 4.69) is 15.5 Å². The molecule has 0 atom stereocenters. The van der Waals surface area contributed by atoms with Gasteiger partial charge < -0.3 is 5.73 Å². The lowest BCUT2D eigenvalue weighted by atomic mass is 10.3. The molecule has 0 unspecified atom stereocenters. The first-order chi connectivity index (χ1) is 7.58. The third-order valence-electron chi connectivity index (χ3n) is 1.84. The standard InChI is InChI=1S/C8H7F2N5S/c1-15-8(12-13-14-15)16-6-3-4(9)2-5(10)7(6)11/h2-3H,11H2,1H3. The third kappa shape index (κ3) is 1.96. The molecule has 1 heterocycles. The molecule has 0 aliphatic heterocycles. The highest BCUT2D eigenvalue weighted by Gasteiger charge is 2.12. The number of aryl methyl sites for hydroxylation is 1. The Kier molecular flexibility index (Phi) is 2.73. The van der Waals surface area contributed by atoms with Gasteiger partial charge in [0.25, 0.3) is 0 Å². The predicted molar refractivity (Wildman–Crippen MR) is 53.7 cm³/mol. The van der Waals surface area contributed by atoms with Crippen molar-refractivity contribution >= 4 is 17.4 Å². The molecule has 2 rings (SSSR count). The Hall–Kier alpha value is -1.70. The van der Waals surface area contributed by atoms with Gasteiger partial charge in [-0.2, -0.15) is 0 Å². The molecule has 84 valence electrons. The average Bonchev–Trinajstić information content (AvgIpc) is 2.60. The number of tetrazole rings is 1. The maximum Gasteiger partial charge on any atom is 0.213 e. The number of hydrogen-bond donors (Lipinski definition) is 1. The van der Waals surface area contributed by atoms with E-state index >= 15 is 0 Å². The molecule has 8 heteroatoms. The Morgan fingerprint density at radius 2 is 2.12 bits per heavy atom.